The van der Waals surface area contributed by atoms with Crippen molar-refractivity contribution in [2.45, 2.75) is 6.42 Å². The topological polar surface area (TPSA) is 30.9 Å². The first-order chi connectivity index (χ1) is 11.3. The second kappa shape index (κ2) is 5.67. The van der Waals surface area contributed by atoms with E-state index in [2.05, 4.69) is 71.8 Å². The van der Waals surface area contributed by atoms with Gasteiger partial charge in [-0.25, -0.2) is 0 Å². The molecule has 0 amide bonds. The minimum Gasteiger partial charge on any atom is -0.399 e. The first-order valence-electron chi connectivity index (χ1n) is 7.77. The van der Waals surface area contributed by atoms with E-state index in [9.17, 15) is 0 Å². The zero-order chi connectivity index (χ0) is 15.8. The standard InChI is InChI=1S/C20H18N2S/c21-15-6-8-16(9-7-15)22-19-4-2-1-3-17(19)18-13-14(11-12-23)5-10-20(18)22/h1-10,13,23H,11-12,21H2. The molecule has 3 heteroatoms. The van der Waals surface area contributed by atoms with E-state index in [4.69, 9.17) is 5.73 Å². The van der Waals surface area contributed by atoms with Crippen LogP contribution in [-0.4, -0.2) is 10.3 Å². The Morgan fingerprint density at radius 2 is 1.57 bits per heavy atom. The lowest BCUT2D eigenvalue weighted by molar-refractivity contribution is 1.16. The summed E-state index contributed by atoms with van der Waals surface area (Å²) in [4.78, 5) is 0. The van der Waals surface area contributed by atoms with Crippen molar-refractivity contribution in [1.82, 2.24) is 4.57 Å². The maximum Gasteiger partial charge on any atom is 0.0541 e. The van der Waals surface area contributed by atoms with Gasteiger partial charge in [-0.15, -0.1) is 0 Å². The molecule has 0 bridgehead atoms. The summed E-state index contributed by atoms with van der Waals surface area (Å²) in [7, 11) is 0. The molecule has 0 atom stereocenters. The average Bonchev–Trinajstić information content (AvgIpc) is 2.90. The Morgan fingerprint density at radius 3 is 2.35 bits per heavy atom. The monoisotopic (exact) mass is 318 g/mol. The maximum atomic E-state index is 5.84. The molecular weight excluding hydrogens is 300 g/mol. The van der Waals surface area contributed by atoms with Crippen LogP contribution < -0.4 is 5.73 Å². The van der Waals surface area contributed by atoms with E-state index < -0.39 is 0 Å². The van der Waals surface area contributed by atoms with E-state index in [1.807, 2.05) is 12.1 Å². The van der Waals surface area contributed by atoms with E-state index in [0.717, 1.165) is 23.5 Å². The number of aryl methyl sites for hydroxylation is 1. The third kappa shape index (κ3) is 2.37. The Bertz CT molecular complexity index is 984. The molecule has 0 fully saturated rings. The molecule has 0 aliphatic heterocycles. The number of nitrogens with two attached hydrogens (primary N) is 1. The van der Waals surface area contributed by atoms with Crippen LogP contribution in [0.25, 0.3) is 27.5 Å². The van der Waals surface area contributed by atoms with Gasteiger partial charge in [0.05, 0.1) is 11.0 Å². The molecular formula is C20H18N2S. The number of rotatable bonds is 3. The normalized spacial score (nSPS) is 11.3. The molecule has 0 saturated heterocycles. The molecule has 4 aromatic rings. The van der Waals surface area contributed by atoms with Gasteiger partial charge in [-0.05, 0) is 60.2 Å². The molecule has 0 aliphatic carbocycles. The van der Waals surface area contributed by atoms with E-state index in [0.29, 0.717) is 0 Å². The van der Waals surface area contributed by atoms with Crippen LogP contribution >= 0.6 is 12.6 Å². The van der Waals surface area contributed by atoms with Crippen LogP contribution in [0.4, 0.5) is 5.69 Å². The maximum absolute atomic E-state index is 5.84. The lowest BCUT2D eigenvalue weighted by Gasteiger charge is -2.08. The number of nitrogen functional groups attached to an aromatic ring is 1. The third-order valence-electron chi connectivity index (χ3n) is 4.29. The van der Waals surface area contributed by atoms with Crippen LogP contribution in [0.3, 0.4) is 0 Å². The lowest BCUT2D eigenvalue weighted by Crippen LogP contribution is -1.94. The smallest absolute Gasteiger partial charge is 0.0541 e. The van der Waals surface area contributed by atoms with Crippen LogP contribution in [0, 0.1) is 0 Å². The zero-order valence-corrected chi connectivity index (χ0v) is 13.6. The molecule has 0 spiro atoms. The summed E-state index contributed by atoms with van der Waals surface area (Å²) in [6, 6.07) is 23.3. The number of aromatic nitrogens is 1. The molecule has 3 aromatic carbocycles. The summed E-state index contributed by atoms with van der Waals surface area (Å²) in [5.41, 5.74) is 11.5. The van der Waals surface area contributed by atoms with Gasteiger partial charge in [-0.3, -0.25) is 0 Å². The second-order valence-corrected chi connectivity index (χ2v) is 6.22. The van der Waals surface area contributed by atoms with Gasteiger partial charge < -0.3 is 10.3 Å². The van der Waals surface area contributed by atoms with Gasteiger partial charge in [0.25, 0.3) is 0 Å². The number of para-hydroxylation sites is 1. The molecule has 1 aromatic heterocycles. The summed E-state index contributed by atoms with van der Waals surface area (Å²) in [6.07, 6.45) is 0.987. The molecule has 1 heterocycles. The quantitative estimate of drug-likeness (QED) is 0.411. The lowest BCUT2D eigenvalue weighted by atomic mass is 10.1. The van der Waals surface area contributed by atoms with E-state index in [1.54, 1.807) is 0 Å². The van der Waals surface area contributed by atoms with Crippen LogP contribution in [0.1, 0.15) is 5.56 Å². The van der Waals surface area contributed by atoms with Gasteiger partial charge in [-0.1, -0.05) is 24.3 Å². The van der Waals surface area contributed by atoms with Gasteiger partial charge in [0.1, 0.15) is 0 Å². The Kier molecular flexibility index (Phi) is 3.50. The fourth-order valence-electron chi connectivity index (χ4n) is 3.21. The fraction of sp³-hybridized carbons (Fsp3) is 0.100. The van der Waals surface area contributed by atoms with Crippen LogP contribution in [0.15, 0.2) is 66.7 Å². The van der Waals surface area contributed by atoms with Crippen molar-refractivity contribution in [3.8, 4) is 5.69 Å². The number of thiol groups is 1. The van der Waals surface area contributed by atoms with Crippen molar-refractivity contribution in [2.24, 2.45) is 0 Å². The van der Waals surface area contributed by atoms with Gasteiger partial charge in [-0.2, -0.15) is 12.6 Å². The van der Waals surface area contributed by atoms with Crippen LogP contribution in [0.2, 0.25) is 0 Å². The van der Waals surface area contributed by atoms with Crippen molar-refractivity contribution in [3.05, 3.63) is 72.3 Å². The van der Waals surface area contributed by atoms with Crippen molar-refractivity contribution in [2.75, 3.05) is 11.5 Å². The third-order valence-corrected chi connectivity index (χ3v) is 4.51. The van der Waals surface area contributed by atoms with Gasteiger partial charge in [0.2, 0.25) is 0 Å². The summed E-state index contributed by atoms with van der Waals surface area (Å²) in [5.74, 6) is 0.863. The Morgan fingerprint density at radius 1 is 0.826 bits per heavy atom. The van der Waals surface area contributed by atoms with Crippen LogP contribution in [-0.2, 0) is 6.42 Å². The second-order valence-electron chi connectivity index (χ2n) is 5.77. The minimum absolute atomic E-state index is 0.783. The highest BCUT2D eigenvalue weighted by Crippen LogP contribution is 2.32. The molecule has 0 unspecified atom stereocenters. The fourth-order valence-corrected chi connectivity index (χ4v) is 3.46. The Hall–Kier alpha value is -2.39. The molecule has 114 valence electrons. The van der Waals surface area contributed by atoms with Gasteiger partial charge >= 0.3 is 0 Å². The van der Waals surface area contributed by atoms with Crippen LogP contribution in [0.5, 0.6) is 0 Å². The number of fused-ring (bicyclic) bond motifs is 3. The predicted molar refractivity (Wildman–Crippen MR) is 103 cm³/mol. The number of hydrogen-bond donors (Lipinski definition) is 2. The van der Waals surface area contributed by atoms with E-state index in [-0.39, 0.29) is 0 Å². The number of anilines is 1. The van der Waals surface area contributed by atoms with Crippen molar-refractivity contribution in [3.63, 3.8) is 0 Å². The largest absolute Gasteiger partial charge is 0.399 e. The summed E-state index contributed by atoms with van der Waals surface area (Å²) >= 11 is 4.35. The zero-order valence-electron chi connectivity index (χ0n) is 12.7. The molecule has 0 saturated carbocycles. The molecule has 23 heavy (non-hydrogen) atoms. The molecule has 2 N–H and O–H groups in total. The first-order valence-corrected chi connectivity index (χ1v) is 8.40. The average molecular weight is 318 g/mol. The highest BCUT2D eigenvalue weighted by molar-refractivity contribution is 7.80. The summed E-state index contributed by atoms with van der Waals surface area (Å²) < 4.78 is 2.30. The highest BCUT2D eigenvalue weighted by Gasteiger charge is 2.12. The summed E-state index contributed by atoms with van der Waals surface area (Å²) in [6.45, 7) is 0. The SMILES string of the molecule is Nc1ccc(-n2c3ccccc3c3cc(CCS)ccc32)cc1. The molecule has 2 nitrogen and oxygen atoms in total. The Balaban J connectivity index is 2.06. The van der Waals surface area contributed by atoms with Crippen molar-refractivity contribution in [1.29, 1.82) is 0 Å². The molecule has 4 rings (SSSR count). The van der Waals surface area contributed by atoms with Gasteiger partial charge in [0, 0.05) is 22.1 Å². The van der Waals surface area contributed by atoms with Crippen molar-refractivity contribution >= 4 is 40.1 Å². The predicted octanol–water partition coefficient (Wildman–Crippen LogP) is 4.84. The Labute approximate surface area is 140 Å². The molecule has 0 aliphatic rings. The highest BCUT2D eigenvalue weighted by atomic mass is 32.1. The number of benzene rings is 3. The minimum atomic E-state index is 0.783. The number of hydrogen-bond acceptors (Lipinski definition) is 2. The molecule has 0 radical (unpaired) electrons. The van der Waals surface area contributed by atoms with E-state index in [1.165, 1.54) is 27.4 Å². The van der Waals surface area contributed by atoms with Crippen molar-refractivity contribution < 1.29 is 0 Å². The summed E-state index contributed by atoms with van der Waals surface area (Å²) in [5, 5.41) is 2.57. The van der Waals surface area contributed by atoms with Gasteiger partial charge in [0.15, 0.2) is 0 Å². The number of nitrogens with zero attached hydrogens (tertiary/aromatic N) is 1. The van der Waals surface area contributed by atoms with E-state index >= 15 is 0 Å². The first kappa shape index (κ1) is 14.2.